The molecule has 0 atom stereocenters. The van der Waals surface area contributed by atoms with Gasteiger partial charge in [-0.05, 0) is 13.0 Å². The predicted molar refractivity (Wildman–Crippen MR) is 107 cm³/mol. The number of primary amides is 1. The minimum absolute atomic E-state index is 0.0774. The Labute approximate surface area is 164 Å². The van der Waals surface area contributed by atoms with Gasteiger partial charge in [0.1, 0.15) is 22.6 Å². The summed E-state index contributed by atoms with van der Waals surface area (Å²) < 4.78 is 10.4. The van der Waals surface area contributed by atoms with Gasteiger partial charge in [0, 0.05) is 16.8 Å². The van der Waals surface area contributed by atoms with Gasteiger partial charge >= 0.3 is 5.97 Å². The summed E-state index contributed by atoms with van der Waals surface area (Å²) in [7, 11) is 1.42. The van der Waals surface area contributed by atoms with Gasteiger partial charge in [-0.15, -0.1) is 0 Å². The van der Waals surface area contributed by atoms with Crippen molar-refractivity contribution < 1.29 is 24.2 Å². The number of nitrogens with two attached hydrogens (primary N) is 1. The van der Waals surface area contributed by atoms with E-state index in [0.29, 0.717) is 27.3 Å². The van der Waals surface area contributed by atoms with E-state index in [-0.39, 0.29) is 34.7 Å². The van der Waals surface area contributed by atoms with E-state index in [1.807, 2.05) is 0 Å². The number of aromatic hydroxyl groups is 1. The number of phenolic OH excluding ortho intramolecular Hbond substituents is 1. The lowest BCUT2D eigenvalue weighted by molar-refractivity contribution is 0.0525. The Morgan fingerprint density at radius 3 is 2.38 bits per heavy atom. The smallest absolute Gasteiger partial charge is 0.344 e. The third-order valence-corrected chi connectivity index (χ3v) is 4.64. The normalized spacial score (nSPS) is 11.1. The van der Waals surface area contributed by atoms with E-state index in [1.54, 1.807) is 37.3 Å². The molecule has 0 aliphatic heterocycles. The molecule has 0 aliphatic carbocycles. The molecule has 0 spiro atoms. The van der Waals surface area contributed by atoms with Crippen molar-refractivity contribution in [2.24, 2.45) is 5.73 Å². The molecule has 0 saturated heterocycles. The van der Waals surface area contributed by atoms with Crippen LogP contribution in [0.15, 0.2) is 36.4 Å². The number of carbonyl (C=O) groups excluding carboxylic acids is 2. The lowest BCUT2D eigenvalue weighted by Gasteiger charge is -2.13. The summed E-state index contributed by atoms with van der Waals surface area (Å²) in [4.78, 5) is 33.5. The van der Waals surface area contributed by atoms with Crippen molar-refractivity contribution in [3.05, 3.63) is 47.5 Å². The van der Waals surface area contributed by atoms with Crippen molar-refractivity contribution in [2.75, 3.05) is 13.7 Å². The summed E-state index contributed by atoms with van der Waals surface area (Å²) >= 11 is 0. The zero-order chi connectivity index (χ0) is 20.7. The van der Waals surface area contributed by atoms with Crippen molar-refractivity contribution >= 4 is 44.7 Å². The van der Waals surface area contributed by atoms with Crippen LogP contribution < -0.4 is 10.5 Å². The molecule has 0 aliphatic rings. The Kier molecular flexibility index (Phi) is 4.38. The van der Waals surface area contributed by atoms with Gasteiger partial charge in [0.05, 0.1) is 35.8 Å². The van der Waals surface area contributed by atoms with Crippen molar-refractivity contribution in [3.63, 3.8) is 0 Å². The quantitative estimate of drug-likeness (QED) is 0.311. The summed E-state index contributed by atoms with van der Waals surface area (Å²) in [5.41, 5.74) is 6.86. The molecule has 1 amide bonds. The van der Waals surface area contributed by atoms with E-state index in [2.05, 4.69) is 9.97 Å². The molecule has 3 aromatic carbocycles. The van der Waals surface area contributed by atoms with Crippen LogP contribution in [0.3, 0.4) is 0 Å². The van der Waals surface area contributed by atoms with Crippen molar-refractivity contribution in [3.8, 4) is 11.5 Å². The molecule has 0 radical (unpaired) electrons. The number of ether oxygens (including phenoxy) is 2. The number of nitrogens with zero attached hydrogens (tertiary/aromatic N) is 2. The van der Waals surface area contributed by atoms with Crippen molar-refractivity contribution in [2.45, 2.75) is 6.92 Å². The van der Waals surface area contributed by atoms with E-state index in [9.17, 15) is 14.7 Å². The van der Waals surface area contributed by atoms with Gasteiger partial charge in [-0.1, -0.05) is 24.3 Å². The van der Waals surface area contributed by atoms with Gasteiger partial charge in [-0.3, -0.25) is 4.79 Å². The molecule has 8 heteroatoms. The summed E-state index contributed by atoms with van der Waals surface area (Å²) in [6, 6.07) is 10.0. The van der Waals surface area contributed by atoms with Gasteiger partial charge < -0.3 is 20.3 Å². The maximum atomic E-state index is 12.6. The van der Waals surface area contributed by atoms with Crippen molar-refractivity contribution in [1.82, 2.24) is 9.97 Å². The average molecular weight is 391 g/mol. The number of carbonyl (C=O) groups is 2. The van der Waals surface area contributed by atoms with Crippen molar-refractivity contribution in [1.29, 1.82) is 0 Å². The van der Waals surface area contributed by atoms with E-state index in [4.69, 9.17) is 15.2 Å². The SMILES string of the molecule is CCOC(=O)c1c(O)c2ccccc2c2nc3cc(OC)c(C(N)=O)cc3nc12. The molecule has 4 aromatic rings. The molecule has 29 heavy (non-hydrogen) atoms. The first-order valence-corrected chi connectivity index (χ1v) is 8.86. The first-order chi connectivity index (χ1) is 14.0. The number of phenols is 1. The maximum Gasteiger partial charge on any atom is 0.344 e. The zero-order valence-electron chi connectivity index (χ0n) is 15.7. The van der Waals surface area contributed by atoms with E-state index in [0.717, 1.165) is 0 Å². The summed E-state index contributed by atoms with van der Waals surface area (Å²) in [6.07, 6.45) is 0. The fourth-order valence-corrected chi connectivity index (χ4v) is 3.35. The summed E-state index contributed by atoms with van der Waals surface area (Å²) in [5.74, 6) is -1.35. The standard InChI is InChI=1S/C21H17N3O5/c1-3-29-21(27)16-18-17(10-6-4-5-7-11(10)19(16)25)23-14-9-15(28-2)12(20(22)26)8-13(14)24-18/h4-9,25H,3H2,1-2H3,(H2,22,26). The van der Waals surface area contributed by atoms with Crippen LogP contribution in [0, 0.1) is 0 Å². The largest absolute Gasteiger partial charge is 0.506 e. The van der Waals surface area contributed by atoms with Gasteiger partial charge in [0.25, 0.3) is 5.91 Å². The lowest BCUT2D eigenvalue weighted by atomic mass is 10.0. The Bertz CT molecular complexity index is 1320. The fraction of sp³-hybridized carbons (Fsp3) is 0.143. The second-order valence-corrected chi connectivity index (χ2v) is 6.32. The Morgan fingerprint density at radius 2 is 1.72 bits per heavy atom. The minimum atomic E-state index is -0.710. The molecular formula is C21H17N3O5. The second kappa shape index (κ2) is 6.90. The van der Waals surface area contributed by atoms with Crippen LogP contribution in [0.1, 0.15) is 27.6 Å². The number of amides is 1. The average Bonchev–Trinajstić information content (AvgIpc) is 2.72. The number of fused-ring (bicyclic) bond motifs is 4. The van der Waals surface area contributed by atoms with Crippen LogP contribution in [0.2, 0.25) is 0 Å². The molecule has 8 nitrogen and oxygen atoms in total. The maximum absolute atomic E-state index is 12.6. The highest BCUT2D eigenvalue weighted by Gasteiger charge is 2.24. The summed E-state index contributed by atoms with van der Waals surface area (Å²) in [6.45, 7) is 1.81. The highest BCUT2D eigenvalue weighted by atomic mass is 16.5. The molecule has 1 heterocycles. The molecular weight excluding hydrogens is 374 g/mol. The van der Waals surface area contributed by atoms with Crippen LogP contribution >= 0.6 is 0 Å². The fourth-order valence-electron chi connectivity index (χ4n) is 3.35. The number of hydrogen-bond donors (Lipinski definition) is 2. The Morgan fingerprint density at radius 1 is 1.07 bits per heavy atom. The molecule has 1 aromatic heterocycles. The van der Waals surface area contributed by atoms with Gasteiger partial charge in [-0.25, -0.2) is 14.8 Å². The van der Waals surface area contributed by atoms with Gasteiger partial charge in [0.15, 0.2) is 0 Å². The highest BCUT2D eigenvalue weighted by molar-refractivity contribution is 6.18. The van der Waals surface area contributed by atoms with Gasteiger partial charge in [-0.2, -0.15) is 0 Å². The van der Waals surface area contributed by atoms with E-state index >= 15 is 0 Å². The lowest BCUT2D eigenvalue weighted by Crippen LogP contribution is -2.13. The number of rotatable bonds is 4. The molecule has 3 N–H and O–H groups in total. The van der Waals surface area contributed by atoms with Crippen LogP contribution in [-0.2, 0) is 4.74 Å². The monoisotopic (exact) mass is 391 g/mol. The number of hydrogen-bond acceptors (Lipinski definition) is 7. The van der Waals surface area contributed by atoms with Crippen LogP contribution in [0.5, 0.6) is 11.5 Å². The molecule has 0 fully saturated rings. The molecule has 0 bridgehead atoms. The predicted octanol–water partition coefficient (Wildman–Crippen LogP) is 2.93. The van der Waals surface area contributed by atoms with Crippen LogP contribution in [-0.4, -0.2) is 40.7 Å². The van der Waals surface area contributed by atoms with Gasteiger partial charge in [0.2, 0.25) is 0 Å². The third-order valence-electron chi connectivity index (χ3n) is 4.64. The zero-order valence-corrected chi connectivity index (χ0v) is 15.7. The second-order valence-electron chi connectivity index (χ2n) is 6.32. The first-order valence-electron chi connectivity index (χ1n) is 8.86. The van der Waals surface area contributed by atoms with Crippen LogP contribution in [0.25, 0.3) is 32.8 Å². The molecule has 0 unspecified atom stereocenters. The number of benzene rings is 3. The minimum Gasteiger partial charge on any atom is -0.506 e. The summed E-state index contributed by atoms with van der Waals surface area (Å²) in [5, 5.41) is 11.9. The number of esters is 1. The van der Waals surface area contributed by atoms with Crippen LogP contribution in [0.4, 0.5) is 0 Å². The highest BCUT2D eigenvalue weighted by Crippen LogP contribution is 2.37. The molecule has 0 saturated carbocycles. The topological polar surface area (TPSA) is 125 Å². The molecule has 146 valence electrons. The number of aromatic nitrogens is 2. The number of methoxy groups -OCH3 is 1. The third kappa shape index (κ3) is 2.85. The van der Waals surface area contributed by atoms with E-state index in [1.165, 1.54) is 13.2 Å². The first kappa shape index (κ1) is 18.4. The molecule has 4 rings (SSSR count). The van der Waals surface area contributed by atoms with E-state index < -0.39 is 11.9 Å². The Balaban J connectivity index is 2.19. The Hall–Kier alpha value is -3.94.